The fraction of sp³-hybridized carbons (Fsp3) is 0.294. The van der Waals surface area contributed by atoms with E-state index in [2.05, 4.69) is 15.8 Å². The number of allylic oxidation sites excluding steroid dienone is 1. The first-order valence-corrected chi connectivity index (χ1v) is 8.13. The summed E-state index contributed by atoms with van der Waals surface area (Å²) in [6.45, 7) is -2.84. The second kappa shape index (κ2) is 6.88. The van der Waals surface area contributed by atoms with E-state index in [1.54, 1.807) is 29.5 Å². The highest BCUT2D eigenvalue weighted by molar-refractivity contribution is 7.13. The van der Waals surface area contributed by atoms with Crippen molar-refractivity contribution in [2.45, 2.75) is 32.3 Å². The predicted octanol–water partition coefficient (Wildman–Crippen LogP) is 4.69. The minimum Gasteiger partial charge on any atom is -0.435 e. The lowest BCUT2D eigenvalue weighted by Gasteiger charge is -2.06. The topological polar surface area (TPSA) is 45.9 Å². The van der Waals surface area contributed by atoms with Crippen LogP contribution in [-0.4, -0.2) is 11.6 Å². The van der Waals surface area contributed by atoms with Crippen LogP contribution in [0.3, 0.4) is 0 Å². The highest BCUT2D eigenvalue weighted by atomic mass is 32.1. The van der Waals surface area contributed by atoms with Crippen LogP contribution >= 0.6 is 11.3 Å². The summed E-state index contributed by atoms with van der Waals surface area (Å²) in [5.41, 5.74) is 2.35. The Morgan fingerprint density at radius 1 is 1.26 bits per heavy atom. The van der Waals surface area contributed by atoms with Gasteiger partial charge >= 0.3 is 6.61 Å². The number of benzene rings is 1. The Morgan fingerprint density at radius 3 is 2.65 bits per heavy atom. The first-order chi connectivity index (χ1) is 11.2. The van der Waals surface area contributed by atoms with Crippen LogP contribution in [0.4, 0.5) is 8.78 Å². The van der Waals surface area contributed by atoms with E-state index in [-0.39, 0.29) is 5.75 Å². The molecule has 2 aromatic rings. The molecule has 0 spiro atoms. The van der Waals surface area contributed by atoms with E-state index in [9.17, 15) is 14.0 Å². The predicted molar refractivity (Wildman–Crippen MR) is 85.3 cm³/mol. The highest BCUT2D eigenvalue weighted by Crippen LogP contribution is 2.31. The Balaban J connectivity index is 1.84. The molecule has 0 fully saturated rings. The monoisotopic (exact) mass is 332 g/mol. The van der Waals surface area contributed by atoms with Gasteiger partial charge in [0.05, 0.1) is 11.3 Å². The zero-order chi connectivity index (χ0) is 16.2. The second-order valence-corrected chi connectivity index (χ2v) is 6.30. The van der Waals surface area contributed by atoms with Crippen LogP contribution in [0.25, 0.3) is 11.6 Å². The zero-order valence-electron chi connectivity index (χ0n) is 12.3. The quantitative estimate of drug-likeness (QED) is 0.763. The van der Waals surface area contributed by atoms with Crippen molar-refractivity contribution < 1.29 is 13.5 Å². The average Bonchev–Trinajstić information content (AvgIpc) is 2.97. The molecule has 1 aromatic heterocycles. The van der Waals surface area contributed by atoms with Gasteiger partial charge in [0.1, 0.15) is 16.8 Å². The van der Waals surface area contributed by atoms with E-state index in [0.29, 0.717) is 5.57 Å². The maximum Gasteiger partial charge on any atom is 0.387 e. The summed E-state index contributed by atoms with van der Waals surface area (Å²) in [6.07, 6.45) is 6.05. The van der Waals surface area contributed by atoms with Crippen LogP contribution < -0.4 is 4.74 Å². The maximum atomic E-state index is 12.1. The van der Waals surface area contributed by atoms with Gasteiger partial charge in [0, 0.05) is 4.88 Å². The normalized spacial score (nSPS) is 14.4. The van der Waals surface area contributed by atoms with Crippen LogP contribution in [0, 0.1) is 11.3 Å². The summed E-state index contributed by atoms with van der Waals surface area (Å²) in [5, 5.41) is 10.1. The smallest absolute Gasteiger partial charge is 0.387 e. The molecule has 0 radical (unpaired) electrons. The summed E-state index contributed by atoms with van der Waals surface area (Å²) < 4.78 is 28.6. The molecular formula is C17H14F2N2OS. The van der Waals surface area contributed by atoms with Gasteiger partial charge in [-0.1, -0.05) is 12.1 Å². The van der Waals surface area contributed by atoms with E-state index in [4.69, 9.17) is 0 Å². The lowest BCUT2D eigenvalue weighted by molar-refractivity contribution is -0.0498. The largest absolute Gasteiger partial charge is 0.435 e. The summed E-state index contributed by atoms with van der Waals surface area (Å²) in [6, 6.07) is 8.38. The van der Waals surface area contributed by atoms with Crippen molar-refractivity contribution in [2.24, 2.45) is 0 Å². The third-order valence-corrected chi connectivity index (χ3v) is 4.80. The number of thiazole rings is 1. The van der Waals surface area contributed by atoms with Gasteiger partial charge in [0.25, 0.3) is 0 Å². The minimum absolute atomic E-state index is 0.0976. The van der Waals surface area contributed by atoms with E-state index in [1.807, 2.05) is 0 Å². The minimum atomic E-state index is -2.84. The molecule has 0 amide bonds. The van der Waals surface area contributed by atoms with E-state index in [1.165, 1.54) is 23.4 Å². The first kappa shape index (κ1) is 15.6. The first-order valence-electron chi connectivity index (χ1n) is 7.31. The number of halogens is 2. The molecule has 1 aromatic carbocycles. The van der Waals surface area contributed by atoms with Crippen LogP contribution in [0.1, 0.15) is 34.0 Å². The molecule has 1 aliphatic carbocycles. The molecule has 3 nitrogen and oxygen atoms in total. The molecule has 0 saturated heterocycles. The standard InChI is InChI=1S/C17H14F2N2OS/c18-17(19)22-13-7-5-11(6-8-13)9-12(10-20)16-21-14-3-1-2-4-15(14)23-16/h5-9,17H,1-4H2/b12-9+. The molecule has 0 bridgehead atoms. The van der Waals surface area contributed by atoms with Crippen LogP contribution in [0.5, 0.6) is 5.75 Å². The van der Waals surface area contributed by atoms with Gasteiger partial charge in [-0.25, -0.2) is 4.98 Å². The van der Waals surface area contributed by atoms with Crippen molar-refractivity contribution in [3.63, 3.8) is 0 Å². The third kappa shape index (κ3) is 3.74. The van der Waals surface area contributed by atoms with Crippen molar-refractivity contribution in [3.8, 4) is 11.8 Å². The number of ether oxygens (including phenoxy) is 1. The number of aryl methyl sites for hydroxylation is 2. The number of rotatable bonds is 4. The van der Waals surface area contributed by atoms with Crippen molar-refractivity contribution in [1.29, 1.82) is 5.26 Å². The Labute approximate surface area is 136 Å². The van der Waals surface area contributed by atoms with Crippen molar-refractivity contribution >= 4 is 23.0 Å². The molecular weight excluding hydrogens is 318 g/mol. The number of alkyl halides is 2. The summed E-state index contributed by atoms with van der Waals surface area (Å²) in [4.78, 5) is 5.85. The summed E-state index contributed by atoms with van der Waals surface area (Å²) >= 11 is 1.57. The van der Waals surface area contributed by atoms with Crippen molar-refractivity contribution in [1.82, 2.24) is 4.98 Å². The molecule has 1 heterocycles. The fourth-order valence-electron chi connectivity index (χ4n) is 2.52. The van der Waals surface area contributed by atoms with Gasteiger partial charge < -0.3 is 4.74 Å². The second-order valence-electron chi connectivity index (χ2n) is 5.21. The van der Waals surface area contributed by atoms with Gasteiger partial charge in [-0.2, -0.15) is 14.0 Å². The number of nitrogens with zero attached hydrogens (tertiary/aromatic N) is 2. The third-order valence-electron chi connectivity index (χ3n) is 3.61. The van der Waals surface area contributed by atoms with Gasteiger partial charge in [-0.3, -0.25) is 0 Å². The Morgan fingerprint density at radius 2 is 2.00 bits per heavy atom. The van der Waals surface area contributed by atoms with Crippen LogP contribution in [0.2, 0.25) is 0 Å². The summed E-state index contributed by atoms with van der Waals surface area (Å²) in [5.74, 6) is 0.0976. The highest BCUT2D eigenvalue weighted by Gasteiger charge is 2.17. The number of hydrogen-bond donors (Lipinski definition) is 0. The van der Waals surface area contributed by atoms with E-state index in [0.717, 1.165) is 35.5 Å². The molecule has 23 heavy (non-hydrogen) atoms. The molecule has 0 aliphatic heterocycles. The molecule has 118 valence electrons. The van der Waals surface area contributed by atoms with Gasteiger partial charge in [-0.05, 0) is 49.5 Å². The lowest BCUT2D eigenvalue weighted by Crippen LogP contribution is -2.01. The van der Waals surface area contributed by atoms with Crippen LogP contribution in [-0.2, 0) is 12.8 Å². The summed E-state index contributed by atoms with van der Waals surface area (Å²) in [7, 11) is 0. The molecule has 1 aliphatic rings. The Hall–Kier alpha value is -2.26. The van der Waals surface area contributed by atoms with Crippen molar-refractivity contribution in [2.75, 3.05) is 0 Å². The van der Waals surface area contributed by atoms with Gasteiger partial charge in [-0.15, -0.1) is 11.3 Å². The van der Waals surface area contributed by atoms with Gasteiger partial charge in [0.2, 0.25) is 0 Å². The van der Waals surface area contributed by atoms with Crippen molar-refractivity contribution in [3.05, 3.63) is 45.4 Å². The molecule has 0 saturated carbocycles. The lowest BCUT2D eigenvalue weighted by atomic mass is 10.0. The maximum absolute atomic E-state index is 12.1. The van der Waals surface area contributed by atoms with E-state index >= 15 is 0 Å². The molecule has 0 atom stereocenters. The molecule has 0 unspecified atom stereocenters. The molecule has 3 rings (SSSR count). The fourth-order valence-corrected chi connectivity index (χ4v) is 3.64. The number of hydrogen-bond acceptors (Lipinski definition) is 4. The number of fused-ring (bicyclic) bond motifs is 1. The van der Waals surface area contributed by atoms with Crippen LogP contribution in [0.15, 0.2) is 24.3 Å². The average molecular weight is 332 g/mol. The Bertz CT molecular complexity index is 736. The SMILES string of the molecule is N#C/C(=C\c1ccc(OC(F)F)cc1)c1nc2c(s1)CCCC2. The number of nitriles is 1. The Kier molecular flexibility index (Phi) is 4.68. The molecule has 0 N–H and O–H groups in total. The van der Waals surface area contributed by atoms with Gasteiger partial charge in [0.15, 0.2) is 0 Å². The zero-order valence-corrected chi connectivity index (χ0v) is 13.1. The molecule has 6 heteroatoms. The van der Waals surface area contributed by atoms with E-state index < -0.39 is 6.61 Å². The number of aromatic nitrogens is 1.